The molecule has 0 saturated heterocycles. The average Bonchev–Trinajstić information content (AvgIpc) is 2.67. The van der Waals surface area contributed by atoms with E-state index < -0.39 is 5.97 Å². The van der Waals surface area contributed by atoms with Crippen molar-refractivity contribution in [3.05, 3.63) is 47.5 Å². The number of amides is 1. The molecule has 0 aliphatic carbocycles. The number of carbonyl (C=O) groups excluding carboxylic acids is 1. The molecule has 0 atom stereocenters. The number of aryl methyl sites for hydroxylation is 1. The van der Waals surface area contributed by atoms with Crippen LogP contribution >= 0.6 is 0 Å². The first-order chi connectivity index (χ1) is 13.4. The molecule has 0 aromatic heterocycles. The minimum atomic E-state index is -1.12. The maximum absolute atomic E-state index is 12.2. The van der Waals surface area contributed by atoms with Gasteiger partial charge in [-0.25, -0.2) is 4.79 Å². The highest BCUT2D eigenvalue weighted by Gasteiger charge is 2.17. The van der Waals surface area contributed by atoms with E-state index in [9.17, 15) is 14.7 Å². The van der Waals surface area contributed by atoms with Gasteiger partial charge in [-0.05, 0) is 49.6 Å². The van der Waals surface area contributed by atoms with Crippen molar-refractivity contribution in [3.8, 4) is 17.2 Å². The fraction of sp³-hybridized carbons (Fsp3) is 0.333. The molecule has 0 radical (unpaired) electrons. The molecule has 7 heteroatoms. The van der Waals surface area contributed by atoms with E-state index in [-0.39, 0.29) is 35.1 Å². The SMILES string of the molecule is COc1cc(C(=O)O)cc(NC(=O)CCCCOc2cccc(C)c2)c1OC. The Bertz CT molecular complexity index is 834. The summed E-state index contributed by atoms with van der Waals surface area (Å²) in [5.41, 5.74) is 1.39. The van der Waals surface area contributed by atoms with E-state index >= 15 is 0 Å². The number of anilines is 1. The van der Waals surface area contributed by atoms with Crippen LogP contribution in [0.4, 0.5) is 5.69 Å². The second-order valence-electron chi connectivity index (χ2n) is 6.23. The second-order valence-corrected chi connectivity index (χ2v) is 6.23. The fourth-order valence-corrected chi connectivity index (χ4v) is 2.68. The van der Waals surface area contributed by atoms with Gasteiger partial charge in [0.15, 0.2) is 11.5 Å². The van der Waals surface area contributed by atoms with E-state index in [1.54, 1.807) is 0 Å². The molecule has 28 heavy (non-hydrogen) atoms. The molecule has 0 aliphatic heterocycles. The maximum atomic E-state index is 12.2. The summed E-state index contributed by atoms with van der Waals surface area (Å²) in [7, 11) is 2.83. The van der Waals surface area contributed by atoms with Crippen molar-refractivity contribution in [2.24, 2.45) is 0 Å². The summed E-state index contributed by atoms with van der Waals surface area (Å²) in [4.78, 5) is 23.5. The number of carbonyl (C=O) groups is 2. The number of carboxylic acid groups (broad SMARTS) is 1. The molecule has 0 unspecified atom stereocenters. The largest absolute Gasteiger partial charge is 0.494 e. The zero-order chi connectivity index (χ0) is 20.5. The molecule has 0 fully saturated rings. The molecule has 2 N–H and O–H groups in total. The summed E-state index contributed by atoms with van der Waals surface area (Å²) < 4.78 is 16.1. The third kappa shape index (κ3) is 5.90. The van der Waals surface area contributed by atoms with Crippen LogP contribution in [-0.2, 0) is 4.79 Å². The standard InChI is InChI=1S/C21H25NO6/c1-14-7-6-8-16(11-14)28-10-5-4-9-19(23)22-17-12-15(21(24)25)13-18(26-2)20(17)27-3/h6-8,11-13H,4-5,9-10H2,1-3H3,(H,22,23)(H,24,25). The number of ether oxygens (including phenoxy) is 3. The van der Waals surface area contributed by atoms with Crippen LogP contribution in [0.3, 0.4) is 0 Å². The first kappa shape index (κ1) is 21.1. The molecule has 2 rings (SSSR count). The lowest BCUT2D eigenvalue weighted by Crippen LogP contribution is -2.13. The Morgan fingerprint density at radius 1 is 1.07 bits per heavy atom. The molecule has 1 amide bonds. The highest BCUT2D eigenvalue weighted by Crippen LogP contribution is 2.36. The van der Waals surface area contributed by atoms with Gasteiger partial charge in [0.05, 0.1) is 32.1 Å². The molecule has 0 heterocycles. The van der Waals surface area contributed by atoms with Crippen molar-refractivity contribution in [3.63, 3.8) is 0 Å². The van der Waals surface area contributed by atoms with E-state index in [1.165, 1.54) is 26.4 Å². The third-order valence-electron chi connectivity index (χ3n) is 4.06. The topological polar surface area (TPSA) is 94.1 Å². The van der Waals surface area contributed by atoms with Gasteiger partial charge in [-0.2, -0.15) is 0 Å². The lowest BCUT2D eigenvalue weighted by Gasteiger charge is -2.15. The van der Waals surface area contributed by atoms with Crippen LogP contribution in [0.5, 0.6) is 17.2 Å². The van der Waals surface area contributed by atoms with Gasteiger partial charge in [0, 0.05) is 6.42 Å². The summed E-state index contributed by atoms with van der Waals surface area (Å²) in [6.45, 7) is 2.52. The van der Waals surface area contributed by atoms with E-state index in [2.05, 4.69) is 5.32 Å². The van der Waals surface area contributed by atoms with Crippen LogP contribution in [0.1, 0.15) is 35.2 Å². The number of benzene rings is 2. The van der Waals surface area contributed by atoms with Crippen LogP contribution < -0.4 is 19.5 Å². The van der Waals surface area contributed by atoms with E-state index in [4.69, 9.17) is 14.2 Å². The molecule has 0 bridgehead atoms. The maximum Gasteiger partial charge on any atom is 0.335 e. The van der Waals surface area contributed by atoms with Gasteiger partial charge in [-0.15, -0.1) is 0 Å². The van der Waals surface area contributed by atoms with Gasteiger partial charge in [-0.1, -0.05) is 12.1 Å². The Labute approximate surface area is 164 Å². The molecule has 0 spiro atoms. The monoisotopic (exact) mass is 387 g/mol. The molecule has 0 saturated carbocycles. The summed E-state index contributed by atoms with van der Waals surface area (Å²) in [5.74, 6) is -0.0251. The Morgan fingerprint density at radius 3 is 2.50 bits per heavy atom. The number of rotatable bonds is 10. The van der Waals surface area contributed by atoms with Gasteiger partial charge in [0.25, 0.3) is 0 Å². The van der Waals surface area contributed by atoms with Gasteiger partial charge in [-0.3, -0.25) is 4.79 Å². The molecule has 2 aromatic rings. The average molecular weight is 387 g/mol. The van der Waals surface area contributed by atoms with Crippen LogP contribution in [0.15, 0.2) is 36.4 Å². The predicted molar refractivity (Wildman–Crippen MR) is 106 cm³/mol. The minimum Gasteiger partial charge on any atom is -0.494 e. The number of hydrogen-bond donors (Lipinski definition) is 2. The van der Waals surface area contributed by atoms with Crippen LogP contribution in [0.2, 0.25) is 0 Å². The number of nitrogens with one attached hydrogen (secondary N) is 1. The molecular weight excluding hydrogens is 362 g/mol. The van der Waals surface area contributed by atoms with Crippen molar-refractivity contribution in [1.82, 2.24) is 0 Å². The Hall–Kier alpha value is -3.22. The number of carboxylic acids is 1. The Balaban J connectivity index is 1.88. The molecule has 0 aliphatic rings. The van der Waals surface area contributed by atoms with Gasteiger partial charge in [0.2, 0.25) is 5.91 Å². The van der Waals surface area contributed by atoms with Gasteiger partial charge in [0.1, 0.15) is 5.75 Å². The van der Waals surface area contributed by atoms with Gasteiger partial charge >= 0.3 is 5.97 Å². The lowest BCUT2D eigenvalue weighted by molar-refractivity contribution is -0.116. The van der Waals surface area contributed by atoms with Gasteiger partial charge < -0.3 is 24.6 Å². The number of unbranched alkanes of at least 4 members (excludes halogenated alkanes) is 1. The number of hydrogen-bond acceptors (Lipinski definition) is 5. The zero-order valence-electron chi connectivity index (χ0n) is 16.3. The highest BCUT2D eigenvalue weighted by molar-refractivity contribution is 5.96. The van der Waals surface area contributed by atoms with Crippen molar-refractivity contribution in [1.29, 1.82) is 0 Å². The minimum absolute atomic E-state index is 0.000459. The van der Waals surface area contributed by atoms with Crippen molar-refractivity contribution in [2.75, 3.05) is 26.1 Å². The lowest BCUT2D eigenvalue weighted by atomic mass is 10.1. The smallest absolute Gasteiger partial charge is 0.335 e. The van der Waals surface area contributed by atoms with E-state index in [0.29, 0.717) is 13.0 Å². The van der Waals surface area contributed by atoms with Crippen LogP contribution in [-0.4, -0.2) is 37.8 Å². The summed E-state index contributed by atoms with van der Waals surface area (Å²) in [5, 5.41) is 11.9. The molecule has 2 aromatic carbocycles. The zero-order valence-corrected chi connectivity index (χ0v) is 16.3. The van der Waals surface area contributed by atoms with Crippen LogP contribution in [0.25, 0.3) is 0 Å². The second kappa shape index (κ2) is 10.2. The summed E-state index contributed by atoms with van der Waals surface area (Å²) in [6, 6.07) is 10.5. The first-order valence-corrected chi connectivity index (χ1v) is 8.93. The Morgan fingerprint density at radius 2 is 1.86 bits per heavy atom. The predicted octanol–water partition coefficient (Wildman–Crippen LogP) is 3.90. The molecular formula is C21H25NO6. The summed E-state index contributed by atoms with van der Waals surface area (Å²) >= 11 is 0. The fourth-order valence-electron chi connectivity index (χ4n) is 2.68. The highest BCUT2D eigenvalue weighted by atomic mass is 16.5. The summed E-state index contributed by atoms with van der Waals surface area (Å²) in [6.07, 6.45) is 1.63. The quantitative estimate of drug-likeness (QED) is 0.601. The number of methoxy groups -OCH3 is 2. The molecule has 7 nitrogen and oxygen atoms in total. The first-order valence-electron chi connectivity index (χ1n) is 8.93. The third-order valence-corrected chi connectivity index (χ3v) is 4.06. The van der Waals surface area contributed by atoms with Crippen LogP contribution in [0, 0.1) is 6.92 Å². The Kier molecular flexibility index (Phi) is 7.68. The van der Waals surface area contributed by atoms with Crippen molar-refractivity contribution in [2.45, 2.75) is 26.2 Å². The van der Waals surface area contributed by atoms with Crippen molar-refractivity contribution >= 4 is 17.6 Å². The number of aromatic carboxylic acids is 1. The molecule has 150 valence electrons. The van der Waals surface area contributed by atoms with Crippen molar-refractivity contribution < 1.29 is 28.9 Å². The van der Waals surface area contributed by atoms with E-state index in [1.807, 2.05) is 31.2 Å². The normalized spacial score (nSPS) is 10.2. The van der Waals surface area contributed by atoms with E-state index in [0.717, 1.165) is 17.7 Å².